The summed E-state index contributed by atoms with van der Waals surface area (Å²) in [5, 5.41) is 10.2. The summed E-state index contributed by atoms with van der Waals surface area (Å²) in [6, 6.07) is 1.57. The van der Waals surface area contributed by atoms with Gasteiger partial charge in [-0.2, -0.15) is 8.78 Å². The third-order valence-corrected chi connectivity index (χ3v) is 1.92. The smallest absolute Gasteiger partial charge is 0.387 e. The topological polar surface area (TPSA) is 69.4 Å². The van der Waals surface area contributed by atoms with Gasteiger partial charge in [0.15, 0.2) is 12.0 Å². The minimum absolute atomic E-state index is 0.205. The summed E-state index contributed by atoms with van der Waals surface area (Å²) < 4.78 is 27.7. The lowest BCUT2D eigenvalue weighted by Gasteiger charge is -2.06. The lowest BCUT2D eigenvalue weighted by molar-refractivity contribution is -0.385. The molecule has 0 saturated heterocycles. The second-order valence-corrected chi connectivity index (χ2v) is 3.00. The van der Waals surface area contributed by atoms with Gasteiger partial charge in [-0.05, 0) is 6.07 Å². The van der Waals surface area contributed by atoms with Crippen molar-refractivity contribution in [2.75, 3.05) is 0 Å². The molecule has 0 heterocycles. The normalized spacial score (nSPS) is 10.2. The van der Waals surface area contributed by atoms with E-state index in [-0.39, 0.29) is 16.9 Å². The Morgan fingerprint density at radius 2 is 2.12 bits per heavy atom. The average Bonchev–Trinajstić information content (AvgIpc) is 2.19. The van der Waals surface area contributed by atoms with Crippen LogP contribution in [0.3, 0.4) is 0 Å². The molecular weight excluding hydrogens is 248 g/mol. The number of nitrogens with zero attached hydrogens (tertiary/aromatic N) is 1. The van der Waals surface area contributed by atoms with Crippen LogP contribution in [0.4, 0.5) is 14.5 Å². The third-order valence-electron chi connectivity index (χ3n) is 1.62. The van der Waals surface area contributed by atoms with E-state index in [1.54, 1.807) is 0 Å². The van der Waals surface area contributed by atoms with Crippen LogP contribution < -0.4 is 4.74 Å². The van der Waals surface area contributed by atoms with Crippen molar-refractivity contribution in [1.29, 1.82) is 0 Å². The predicted octanol–water partition coefficient (Wildman–Crippen LogP) is 2.66. The highest BCUT2D eigenvalue weighted by Crippen LogP contribution is 2.32. The first-order valence-corrected chi connectivity index (χ1v) is 4.21. The van der Waals surface area contributed by atoms with Gasteiger partial charge < -0.3 is 4.74 Å². The molecule has 0 saturated carbocycles. The van der Waals surface area contributed by atoms with Gasteiger partial charge >= 0.3 is 6.61 Å². The highest BCUT2D eigenvalue weighted by molar-refractivity contribution is 6.32. The molecule has 0 N–H and O–H groups in total. The molecule has 1 aromatic rings. The zero-order chi connectivity index (χ0) is 12.3. The summed E-state index contributed by atoms with van der Waals surface area (Å²) in [4.78, 5) is 20.1. The van der Waals surface area contributed by atoms with Crippen LogP contribution >= 0.6 is 11.6 Å². The van der Waals surface area contributed by atoms with Crippen LogP contribution in [0.2, 0.25) is 5.02 Å². The molecule has 0 amide bonds. The second kappa shape index (κ2) is 4.84. The maximum absolute atomic E-state index is 11.9. The quantitative estimate of drug-likeness (QED) is 0.469. The molecule has 86 valence electrons. The third kappa shape index (κ3) is 2.63. The molecule has 0 fully saturated rings. The Balaban J connectivity index is 3.27. The van der Waals surface area contributed by atoms with Crippen LogP contribution in [0.5, 0.6) is 5.75 Å². The van der Waals surface area contributed by atoms with Crippen molar-refractivity contribution in [1.82, 2.24) is 0 Å². The summed E-state index contributed by atoms with van der Waals surface area (Å²) >= 11 is 5.49. The maximum atomic E-state index is 11.9. The summed E-state index contributed by atoms with van der Waals surface area (Å²) in [6.07, 6.45) is 0.205. The van der Waals surface area contributed by atoms with E-state index in [0.717, 1.165) is 6.07 Å². The number of aldehydes is 1. The number of hydrogen-bond donors (Lipinski definition) is 0. The van der Waals surface area contributed by atoms with Gasteiger partial charge in [-0.25, -0.2) is 0 Å². The molecule has 0 spiro atoms. The number of rotatable bonds is 4. The van der Waals surface area contributed by atoms with Gasteiger partial charge in [0.2, 0.25) is 0 Å². The van der Waals surface area contributed by atoms with E-state index in [0.29, 0.717) is 6.07 Å². The monoisotopic (exact) mass is 251 g/mol. The lowest BCUT2D eigenvalue weighted by atomic mass is 10.2. The number of nitro groups is 1. The van der Waals surface area contributed by atoms with Gasteiger partial charge in [-0.15, -0.1) is 0 Å². The molecule has 0 aromatic heterocycles. The Morgan fingerprint density at radius 3 is 2.56 bits per heavy atom. The number of halogens is 3. The van der Waals surface area contributed by atoms with Gasteiger partial charge in [0.25, 0.3) is 5.69 Å². The first-order chi connectivity index (χ1) is 7.45. The fraction of sp³-hybridized carbons (Fsp3) is 0.125. The number of hydrogen-bond acceptors (Lipinski definition) is 4. The molecule has 0 radical (unpaired) electrons. The second-order valence-electron chi connectivity index (χ2n) is 2.59. The van der Waals surface area contributed by atoms with E-state index in [1.165, 1.54) is 0 Å². The highest BCUT2D eigenvalue weighted by Gasteiger charge is 2.19. The number of ether oxygens (including phenoxy) is 1. The number of benzene rings is 1. The summed E-state index contributed by atoms with van der Waals surface area (Å²) in [5.41, 5.74) is -0.952. The number of nitro benzene ring substituents is 1. The van der Waals surface area contributed by atoms with E-state index in [2.05, 4.69) is 4.74 Å². The van der Waals surface area contributed by atoms with E-state index < -0.39 is 23.0 Å². The molecule has 0 aliphatic carbocycles. The molecule has 1 rings (SSSR count). The highest BCUT2D eigenvalue weighted by atomic mass is 35.5. The Labute approximate surface area is 92.7 Å². The number of carbonyl (C=O) groups excluding carboxylic acids is 1. The molecule has 0 bridgehead atoms. The molecule has 0 aliphatic rings. The molecule has 5 nitrogen and oxygen atoms in total. The van der Waals surface area contributed by atoms with Crippen molar-refractivity contribution in [3.8, 4) is 5.75 Å². The van der Waals surface area contributed by atoms with Crippen molar-refractivity contribution in [2.45, 2.75) is 6.61 Å². The van der Waals surface area contributed by atoms with Crippen LogP contribution in [-0.2, 0) is 0 Å². The van der Waals surface area contributed by atoms with E-state index in [9.17, 15) is 23.7 Å². The van der Waals surface area contributed by atoms with Crippen LogP contribution in [-0.4, -0.2) is 17.8 Å². The molecular formula is C8H4ClF2NO4. The van der Waals surface area contributed by atoms with Gasteiger partial charge in [-0.3, -0.25) is 14.9 Å². The standard InChI is InChI=1S/C8H4ClF2NO4/c9-5-1-4(3-13)6(12(14)15)2-7(5)16-8(10)11/h1-3,8H. The van der Waals surface area contributed by atoms with E-state index in [1.807, 2.05) is 0 Å². The van der Waals surface area contributed by atoms with Crippen molar-refractivity contribution >= 4 is 23.6 Å². The summed E-state index contributed by atoms with van der Waals surface area (Å²) in [6.45, 7) is -3.15. The molecule has 0 atom stereocenters. The summed E-state index contributed by atoms with van der Waals surface area (Å²) in [5.74, 6) is -0.547. The van der Waals surface area contributed by atoms with Gasteiger partial charge in [0.1, 0.15) is 0 Å². The minimum atomic E-state index is -3.15. The number of alkyl halides is 2. The van der Waals surface area contributed by atoms with Crippen LogP contribution in [0.15, 0.2) is 12.1 Å². The first kappa shape index (κ1) is 12.3. The van der Waals surface area contributed by atoms with Gasteiger partial charge in [0, 0.05) is 0 Å². The number of carbonyl (C=O) groups is 1. The van der Waals surface area contributed by atoms with Crippen molar-refractivity contribution in [3.63, 3.8) is 0 Å². The Bertz CT molecular complexity index is 438. The molecule has 0 aliphatic heterocycles. The summed E-state index contributed by atoms with van der Waals surface area (Å²) in [7, 11) is 0. The molecule has 8 heteroatoms. The van der Waals surface area contributed by atoms with E-state index in [4.69, 9.17) is 11.6 Å². The maximum Gasteiger partial charge on any atom is 0.387 e. The predicted molar refractivity (Wildman–Crippen MR) is 50.1 cm³/mol. The average molecular weight is 252 g/mol. The van der Waals surface area contributed by atoms with Crippen LogP contribution in [0, 0.1) is 10.1 Å². The lowest BCUT2D eigenvalue weighted by Crippen LogP contribution is -2.04. The Kier molecular flexibility index (Phi) is 3.73. The van der Waals surface area contributed by atoms with Crippen LogP contribution in [0.25, 0.3) is 0 Å². The molecule has 16 heavy (non-hydrogen) atoms. The van der Waals surface area contributed by atoms with Gasteiger partial charge in [-0.1, -0.05) is 11.6 Å². The zero-order valence-electron chi connectivity index (χ0n) is 7.52. The van der Waals surface area contributed by atoms with Crippen molar-refractivity contribution < 1.29 is 23.2 Å². The first-order valence-electron chi connectivity index (χ1n) is 3.83. The minimum Gasteiger partial charge on any atom is -0.433 e. The zero-order valence-corrected chi connectivity index (χ0v) is 8.28. The van der Waals surface area contributed by atoms with Crippen molar-refractivity contribution in [2.24, 2.45) is 0 Å². The Morgan fingerprint density at radius 1 is 1.50 bits per heavy atom. The SMILES string of the molecule is O=Cc1cc(Cl)c(OC(F)F)cc1[N+](=O)[O-]. The van der Waals surface area contributed by atoms with E-state index >= 15 is 0 Å². The van der Waals surface area contributed by atoms with Crippen LogP contribution in [0.1, 0.15) is 10.4 Å². The Hall–Kier alpha value is -1.76. The fourth-order valence-electron chi connectivity index (χ4n) is 0.997. The van der Waals surface area contributed by atoms with Crippen molar-refractivity contribution in [3.05, 3.63) is 32.8 Å². The largest absolute Gasteiger partial charge is 0.433 e. The molecule has 1 aromatic carbocycles. The molecule has 0 unspecified atom stereocenters. The fourth-order valence-corrected chi connectivity index (χ4v) is 1.21. The van der Waals surface area contributed by atoms with Gasteiger partial charge in [0.05, 0.1) is 21.6 Å².